The van der Waals surface area contributed by atoms with Gasteiger partial charge in [0.25, 0.3) is 0 Å². The lowest BCUT2D eigenvalue weighted by molar-refractivity contribution is 0.306. The molecule has 0 amide bonds. The summed E-state index contributed by atoms with van der Waals surface area (Å²) in [5.41, 5.74) is 9.97. The molecule has 0 fully saturated rings. The molecule has 2 rings (SSSR count). The summed E-state index contributed by atoms with van der Waals surface area (Å²) in [5.74, 6) is 6.78. The Bertz CT molecular complexity index is 650. The number of benzene rings is 2. The van der Waals surface area contributed by atoms with Crippen LogP contribution >= 0.6 is 0 Å². The van der Waals surface area contributed by atoms with Crippen molar-refractivity contribution in [2.24, 2.45) is 5.73 Å². The quantitative estimate of drug-likeness (QED) is 0.865. The molecule has 0 aliphatic heterocycles. The van der Waals surface area contributed by atoms with Gasteiger partial charge in [0, 0.05) is 5.56 Å². The van der Waals surface area contributed by atoms with Crippen LogP contribution < -0.4 is 10.5 Å². The van der Waals surface area contributed by atoms with Gasteiger partial charge >= 0.3 is 0 Å². The van der Waals surface area contributed by atoms with E-state index in [9.17, 15) is 0 Å². The largest absolute Gasteiger partial charge is 0.489 e. The van der Waals surface area contributed by atoms with Crippen LogP contribution in [0.1, 0.15) is 22.3 Å². The van der Waals surface area contributed by atoms with Gasteiger partial charge in [0.05, 0.1) is 6.54 Å². The van der Waals surface area contributed by atoms with Crippen molar-refractivity contribution in [3.63, 3.8) is 0 Å². The van der Waals surface area contributed by atoms with Crippen molar-refractivity contribution in [2.45, 2.75) is 20.5 Å². The average molecular weight is 265 g/mol. The minimum absolute atomic E-state index is 0.378. The molecule has 0 saturated carbocycles. The molecular formula is C18H19NO. The summed E-state index contributed by atoms with van der Waals surface area (Å²) in [4.78, 5) is 0. The number of hydrogen-bond donors (Lipinski definition) is 1. The van der Waals surface area contributed by atoms with Crippen LogP contribution in [0.15, 0.2) is 42.5 Å². The molecule has 2 N–H and O–H groups in total. The molecular weight excluding hydrogens is 246 g/mol. The Morgan fingerprint density at radius 3 is 2.65 bits per heavy atom. The summed E-state index contributed by atoms with van der Waals surface area (Å²) in [6.07, 6.45) is 0. The average Bonchev–Trinajstić information content (AvgIpc) is 2.47. The third-order valence-electron chi connectivity index (χ3n) is 3.15. The van der Waals surface area contributed by atoms with Crippen LogP contribution in [0.5, 0.6) is 5.75 Å². The summed E-state index contributed by atoms with van der Waals surface area (Å²) in [7, 11) is 0. The number of ether oxygens (including phenoxy) is 1. The van der Waals surface area contributed by atoms with Crippen molar-refractivity contribution < 1.29 is 4.74 Å². The maximum Gasteiger partial charge on any atom is 0.120 e. The SMILES string of the molecule is Cc1ccc(OCc2cccc(C#CCN)c2)cc1C. The lowest BCUT2D eigenvalue weighted by Crippen LogP contribution is -1.97. The van der Waals surface area contributed by atoms with Gasteiger partial charge in [0.2, 0.25) is 0 Å². The highest BCUT2D eigenvalue weighted by Gasteiger charge is 1.99. The van der Waals surface area contributed by atoms with Gasteiger partial charge in [-0.15, -0.1) is 0 Å². The van der Waals surface area contributed by atoms with Crippen LogP contribution in [0.2, 0.25) is 0 Å². The van der Waals surface area contributed by atoms with Crippen LogP contribution in [0, 0.1) is 25.7 Å². The Hall–Kier alpha value is -2.24. The van der Waals surface area contributed by atoms with Crippen molar-refractivity contribution in [3.8, 4) is 17.6 Å². The molecule has 2 nitrogen and oxygen atoms in total. The second-order valence-corrected chi connectivity index (χ2v) is 4.74. The van der Waals surface area contributed by atoms with E-state index < -0.39 is 0 Å². The summed E-state index contributed by atoms with van der Waals surface area (Å²) in [6.45, 7) is 5.11. The number of nitrogens with two attached hydrogens (primary N) is 1. The Morgan fingerprint density at radius 1 is 1.05 bits per heavy atom. The van der Waals surface area contributed by atoms with Gasteiger partial charge in [-0.25, -0.2) is 0 Å². The Morgan fingerprint density at radius 2 is 1.90 bits per heavy atom. The molecule has 2 aromatic rings. The summed E-state index contributed by atoms with van der Waals surface area (Å²) >= 11 is 0. The Balaban J connectivity index is 2.05. The van der Waals surface area contributed by atoms with Gasteiger partial charge in [-0.2, -0.15) is 0 Å². The number of rotatable bonds is 3. The van der Waals surface area contributed by atoms with Crippen molar-refractivity contribution >= 4 is 0 Å². The lowest BCUT2D eigenvalue weighted by Gasteiger charge is -2.08. The molecule has 0 aliphatic carbocycles. The van der Waals surface area contributed by atoms with E-state index in [1.54, 1.807) is 0 Å². The fourth-order valence-corrected chi connectivity index (χ4v) is 1.86. The van der Waals surface area contributed by atoms with E-state index >= 15 is 0 Å². The van der Waals surface area contributed by atoms with Crippen molar-refractivity contribution in [1.29, 1.82) is 0 Å². The molecule has 0 unspecified atom stereocenters. The highest BCUT2D eigenvalue weighted by Crippen LogP contribution is 2.18. The molecule has 20 heavy (non-hydrogen) atoms. The molecule has 0 heterocycles. The molecule has 0 atom stereocenters. The first kappa shape index (κ1) is 14.2. The van der Waals surface area contributed by atoms with Crippen LogP contribution in [0.25, 0.3) is 0 Å². The lowest BCUT2D eigenvalue weighted by atomic mass is 10.1. The normalized spacial score (nSPS) is 9.75. The first-order valence-electron chi connectivity index (χ1n) is 6.67. The molecule has 0 aromatic heterocycles. The fraction of sp³-hybridized carbons (Fsp3) is 0.222. The van der Waals surface area contributed by atoms with E-state index in [0.717, 1.165) is 16.9 Å². The van der Waals surface area contributed by atoms with Gasteiger partial charge in [-0.3, -0.25) is 0 Å². The van der Waals surface area contributed by atoms with E-state index in [-0.39, 0.29) is 0 Å². The van der Waals surface area contributed by atoms with Gasteiger partial charge < -0.3 is 10.5 Å². The predicted molar refractivity (Wildman–Crippen MR) is 82.6 cm³/mol. The van der Waals surface area contributed by atoms with Crippen molar-refractivity contribution in [1.82, 2.24) is 0 Å². The molecule has 0 aliphatic rings. The number of hydrogen-bond acceptors (Lipinski definition) is 2. The standard InChI is InChI=1S/C18H19NO/c1-14-8-9-18(11-15(14)2)20-13-17-6-3-5-16(12-17)7-4-10-19/h3,5-6,8-9,11-12H,10,13,19H2,1-2H3. The third-order valence-corrected chi connectivity index (χ3v) is 3.15. The van der Waals surface area contributed by atoms with Gasteiger partial charge in [-0.1, -0.05) is 30.0 Å². The maximum absolute atomic E-state index is 5.81. The zero-order chi connectivity index (χ0) is 14.4. The molecule has 2 aromatic carbocycles. The minimum atomic E-state index is 0.378. The highest BCUT2D eigenvalue weighted by molar-refractivity contribution is 5.38. The third kappa shape index (κ3) is 3.88. The van der Waals surface area contributed by atoms with Crippen LogP contribution in [0.3, 0.4) is 0 Å². The van der Waals surface area contributed by atoms with E-state index in [1.807, 2.05) is 30.3 Å². The van der Waals surface area contributed by atoms with E-state index in [4.69, 9.17) is 10.5 Å². The van der Waals surface area contributed by atoms with Crippen molar-refractivity contribution in [2.75, 3.05) is 6.54 Å². The Kier molecular flexibility index (Phi) is 4.81. The fourth-order valence-electron chi connectivity index (χ4n) is 1.86. The molecule has 0 spiro atoms. The van der Waals surface area contributed by atoms with Crippen LogP contribution in [-0.4, -0.2) is 6.54 Å². The molecule has 0 saturated heterocycles. The van der Waals surface area contributed by atoms with Crippen LogP contribution in [-0.2, 0) is 6.61 Å². The second kappa shape index (κ2) is 6.79. The van der Waals surface area contributed by atoms with E-state index in [2.05, 4.69) is 37.8 Å². The monoisotopic (exact) mass is 265 g/mol. The minimum Gasteiger partial charge on any atom is -0.489 e. The zero-order valence-electron chi connectivity index (χ0n) is 11.9. The van der Waals surface area contributed by atoms with Gasteiger partial charge in [0.15, 0.2) is 0 Å². The molecule has 0 bridgehead atoms. The van der Waals surface area contributed by atoms with Gasteiger partial charge in [0.1, 0.15) is 12.4 Å². The molecule has 2 heteroatoms. The van der Waals surface area contributed by atoms with E-state index in [1.165, 1.54) is 11.1 Å². The summed E-state index contributed by atoms with van der Waals surface area (Å²) in [5, 5.41) is 0. The van der Waals surface area contributed by atoms with Crippen LogP contribution in [0.4, 0.5) is 0 Å². The smallest absolute Gasteiger partial charge is 0.120 e. The topological polar surface area (TPSA) is 35.2 Å². The second-order valence-electron chi connectivity index (χ2n) is 4.74. The zero-order valence-corrected chi connectivity index (χ0v) is 11.9. The maximum atomic E-state index is 5.81. The molecule has 0 radical (unpaired) electrons. The Labute approximate surface area is 120 Å². The van der Waals surface area contributed by atoms with Gasteiger partial charge in [-0.05, 0) is 54.8 Å². The predicted octanol–water partition coefficient (Wildman–Crippen LogP) is 3.19. The highest BCUT2D eigenvalue weighted by atomic mass is 16.5. The van der Waals surface area contributed by atoms with Crippen molar-refractivity contribution in [3.05, 3.63) is 64.7 Å². The molecule has 102 valence electrons. The summed E-state index contributed by atoms with van der Waals surface area (Å²) < 4.78 is 5.81. The first-order valence-corrected chi connectivity index (χ1v) is 6.67. The first-order chi connectivity index (χ1) is 9.69. The number of aryl methyl sites for hydroxylation is 2. The summed E-state index contributed by atoms with van der Waals surface area (Å²) in [6, 6.07) is 14.2. The van der Waals surface area contributed by atoms with E-state index in [0.29, 0.717) is 13.2 Å².